The van der Waals surface area contributed by atoms with Gasteiger partial charge in [-0.1, -0.05) is 6.92 Å². The Balaban J connectivity index is 2.86. The highest BCUT2D eigenvalue weighted by atomic mass is 16.3. The van der Waals surface area contributed by atoms with Gasteiger partial charge in [0.15, 0.2) is 0 Å². The minimum absolute atomic E-state index is 0.164. The topological polar surface area (TPSA) is 40.5 Å². The number of hydrogen-bond donors (Lipinski definition) is 2. The van der Waals surface area contributed by atoms with E-state index in [1.807, 2.05) is 0 Å². The molecule has 1 atom stereocenters. The van der Waals surface area contributed by atoms with Crippen molar-refractivity contribution in [1.82, 2.24) is 0 Å². The maximum absolute atomic E-state index is 8.82. The molecule has 0 aliphatic carbocycles. The molecule has 1 unspecified atom stereocenters. The van der Waals surface area contributed by atoms with Crippen molar-refractivity contribution in [1.29, 1.82) is 0 Å². The molecule has 0 amide bonds. The highest BCUT2D eigenvalue weighted by Crippen LogP contribution is 1.98. The predicted octanol–water partition coefficient (Wildman–Crippen LogP) is 0.344. The van der Waals surface area contributed by atoms with E-state index in [0.29, 0.717) is 19.3 Å². The Kier molecular flexibility index (Phi) is 5.01. The van der Waals surface area contributed by atoms with Crippen LogP contribution in [0.4, 0.5) is 0 Å². The number of hydrogen-bond acceptors (Lipinski definition) is 2. The van der Waals surface area contributed by atoms with Crippen molar-refractivity contribution in [2.45, 2.75) is 25.4 Å². The zero-order valence-electron chi connectivity index (χ0n) is 5.01. The summed E-state index contributed by atoms with van der Waals surface area (Å²) in [5.41, 5.74) is 0. The zero-order valence-corrected chi connectivity index (χ0v) is 5.01. The van der Waals surface area contributed by atoms with Crippen molar-refractivity contribution in [2.75, 3.05) is 6.61 Å². The Morgan fingerprint density at radius 1 is 1.50 bits per heavy atom. The molecule has 0 bridgehead atoms. The SMILES string of the molecule is [CH2]CC(O)CCCO. The fourth-order valence-corrected chi connectivity index (χ4v) is 0.471. The van der Waals surface area contributed by atoms with Gasteiger partial charge in [-0.3, -0.25) is 0 Å². The molecule has 2 nitrogen and oxygen atoms in total. The Bertz CT molecular complexity index is 45.8. The van der Waals surface area contributed by atoms with Crippen molar-refractivity contribution in [3.63, 3.8) is 0 Å². The molecule has 2 N–H and O–H groups in total. The van der Waals surface area contributed by atoms with Crippen LogP contribution in [-0.4, -0.2) is 22.9 Å². The molecule has 49 valence electrons. The van der Waals surface area contributed by atoms with Crippen LogP contribution in [0.1, 0.15) is 19.3 Å². The van der Waals surface area contributed by atoms with Crippen LogP contribution in [0.3, 0.4) is 0 Å². The molecular weight excluding hydrogens is 104 g/mol. The largest absolute Gasteiger partial charge is 0.396 e. The molecule has 2 heteroatoms. The molecule has 0 aliphatic rings. The summed E-state index contributed by atoms with van der Waals surface area (Å²) in [5, 5.41) is 17.1. The first-order valence-electron chi connectivity index (χ1n) is 2.89. The second-order valence-corrected chi connectivity index (χ2v) is 1.81. The van der Waals surface area contributed by atoms with Gasteiger partial charge in [0, 0.05) is 6.61 Å². The molecule has 0 aliphatic heterocycles. The van der Waals surface area contributed by atoms with Crippen LogP contribution < -0.4 is 0 Å². The van der Waals surface area contributed by atoms with Crippen LogP contribution in [0.5, 0.6) is 0 Å². The lowest BCUT2D eigenvalue weighted by Gasteiger charge is -2.03. The molecule has 0 aromatic carbocycles. The van der Waals surface area contributed by atoms with Crippen molar-refractivity contribution < 1.29 is 10.2 Å². The van der Waals surface area contributed by atoms with Gasteiger partial charge in [0.1, 0.15) is 0 Å². The quantitative estimate of drug-likeness (QED) is 0.557. The molecule has 0 fully saturated rings. The van der Waals surface area contributed by atoms with Gasteiger partial charge in [0.05, 0.1) is 6.10 Å². The van der Waals surface area contributed by atoms with E-state index < -0.39 is 0 Å². The predicted molar refractivity (Wildman–Crippen MR) is 32.3 cm³/mol. The van der Waals surface area contributed by atoms with Gasteiger partial charge < -0.3 is 10.2 Å². The van der Waals surface area contributed by atoms with E-state index in [1.165, 1.54) is 0 Å². The summed E-state index contributed by atoms with van der Waals surface area (Å²) in [7, 11) is 0. The van der Waals surface area contributed by atoms with Crippen LogP contribution in [0, 0.1) is 6.92 Å². The van der Waals surface area contributed by atoms with Crippen LogP contribution in [0.2, 0.25) is 0 Å². The van der Waals surface area contributed by atoms with Crippen LogP contribution >= 0.6 is 0 Å². The summed E-state index contributed by atoms with van der Waals surface area (Å²) < 4.78 is 0. The van der Waals surface area contributed by atoms with Crippen molar-refractivity contribution in [3.05, 3.63) is 6.92 Å². The van der Waals surface area contributed by atoms with Gasteiger partial charge in [0.2, 0.25) is 0 Å². The van der Waals surface area contributed by atoms with Gasteiger partial charge in [-0.05, 0) is 19.3 Å². The Morgan fingerprint density at radius 3 is 2.50 bits per heavy atom. The third-order valence-corrected chi connectivity index (χ3v) is 1.03. The van der Waals surface area contributed by atoms with E-state index in [1.54, 1.807) is 0 Å². The fourth-order valence-electron chi connectivity index (χ4n) is 0.471. The summed E-state index contributed by atoms with van der Waals surface area (Å²) in [4.78, 5) is 0. The van der Waals surface area contributed by atoms with Gasteiger partial charge in [0.25, 0.3) is 0 Å². The third kappa shape index (κ3) is 4.09. The number of aliphatic hydroxyl groups excluding tert-OH is 2. The van der Waals surface area contributed by atoms with Gasteiger partial charge in [-0.25, -0.2) is 0 Å². The average Bonchev–Trinajstić information content (AvgIpc) is 1.83. The van der Waals surface area contributed by atoms with Crippen LogP contribution in [0.25, 0.3) is 0 Å². The minimum atomic E-state index is -0.317. The monoisotopic (exact) mass is 117 g/mol. The van der Waals surface area contributed by atoms with E-state index in [-0.39, 0.29) is 12.7 Å². The summed E-state index contributed by atoms with van der Waals surface area (Å²) >= 11 is 0. The van der Waals surface area contributed by atoms with Crippen molar-refractivity contribution in [3.8, 4) is 0 Å². The molecule has 0 saturated carbocycles. The Morgan fingerprint density at radius 2 is 2.12 bits per heavy atom. The lowest BCUT2D eigenvalue weighted by molar-refractivity contribution is 0.152. The second-order valence-electron chi connectivity index (χ2n) is 1.81. The first-order chi connectivity index (χ1) is 3.81. The second kappa shape index (κ2) is 5.06. The Hall–Kier alpha value is -0.0800. The summed E-state index contributed by atoms with van der Waals surface area (Å²) in [5.74, 6) is 0. The molecule has 0 rings (SSSR count). The summed E-state index contributed by atoms with van der Waals surface area (Å²) in [6.07, 6.45) is 1.57. The molecule has 0 saturated heterocycles. The van der Waals surface area contributed by atoms with Crippen LogP contribution in [0.15, 0.2) is 0 Å². The molecule has 1 radical (unpaired) electrons. The van der Waals surface area contributed by atoms with Gasteiger partial charge in [-0.15, -0.1) is 0 Å². The van der Waals surface area contributed by atoms with Gasteiger partial charge >= 0.3 is 0 Å². The molecule has 0 spiro atoms. The lowest BCUT2D eigenvalue weighted by Crippen LogP contribution is -2.04. The van der Waals surface area contributed by atoms with E-state index >= 15 is 0 Å². The van der Waals surface area contributed by atoms with Crippen LogP contribution in [-0.2, 0) is 0 Å². The van der Waals surface area contributed by atoms with E-state index in [2.05, 4.69) is 6.92 Å². The molecule has 0 heterocycles. The molecule has 0 aromatic rings. The maximum atomic E-state index is 8.82. The maximum Gasteiger partial charge on any atom is 0.0541 e. The normalized spacial score (nSPS) is 13.9. The van der Waals surface area contributed by atoms with Crippen molar-refractivity contribution in [2.24, 2.45) is 0 Å². The summed E-state index contributed by atoms with van der Waals surface area (Å²) in [6.45, 7) is 3.67. The van der Waals surface area contributed by atoms with E-state index in [9.17, 15) is 0 Å². The molecular formula is C6H13O2. The lowest BCUT2D eigenvalue weighted by atomic mass is 10.2. The van der Waals surface area contributed by atoms with Gasteiger partial charge in [-0.2, -0.15) is 0 Å². The highest BCUT2D eigenvalue weighted by Gasteiger charge is 1.97. The van der Waals surface area contributed by atoms with Crippen molar-refractivity contribution >= 4 is 0 Å². The average molecular weight is 117 g/mol. The molecule has 0 aromatic heterocycles. The fraction of sp³-hybridized carbons (Fsp3) is 0.833. The highest BCUT2D eigenvalue weighted by molar-refractivity contribution is 4.55. The first-order valence-corrected chi connectivity index (χ1v) is 2.89. The third-order valence-electron chi connectivity index (χ3n) is 1.03. The smallest absolute Gasteiger partial charge is 0.0541 e. The number of rotatable bonds is 4. The van der Waals surface area contributed by atoms with E-state index in [0.717, 1.165) is 0 Å². The standard InChI is InChI=1S/C6H13O2/c1-2-6(8)4-3-5-7/h6-8H,1-5H2. The van der Waals surface area contributed by atoms with E-state index in [4.69, 9.17) is 10.2 Å². The Labute approximate surface area is 50.2 Å². The number of aliphatic hydroxyl groups is 2. The molecule has 8 heavy (non-hydrogen) atoms. The first kappa shape index (κ1) is 7.92. The zero-order chi connectivity index (χ0) is 6.41. The summed E-state index contributed by atoms with van der Waals surface area (Å²) in [6, 6.07) is 0. The minimum Gasteiger partial charge on any atom is -0.396 e.